The van der Waals surface area contributed by atoms with Gasteiger partial charge in [0.2, 0.25) is 0 Å². The number of hydrogen-bond donors (Lipinski definition) is 1. The molecule has 1 aliphatic rings. The largest absolute Gasteiger partial charge is 0.467 e. The van der Waals surface area contributed by atoms with E-state index in [1.165, 1.54) is 14.9 Å². The van der Waals surface area contributed by atoms with Crippen LogP contribution in [0.15, 0.2) is 33.9 Å². The highest BCUT2D eigenvalue weighted by Gasteiger charge is 2.28. The number of furan rings is 1. The molecule has 1 aliphatic heterocycles. The standard InChI is InChI=1S/C14H18N2OSSi.ClH/c1-19(2,3)12-8-9-7-10(11-5-4-6-17-11)16-14(15)13(9)18-12;/h4-6,8,10H,7H2,1-3H3,(H2,15,16);1H. The molecule has 2 N–H and O–H groups in total. The minimum atomic E-state index is -1.28. The second kappa shape index (κ2) is 5.39. The van der Waals surface area contributed by atoms with Crippen molar-refractivity contribution in [2.75, 3.05) is 0 Å². The summed E-state index contributed by atoms with van der Waals surface area (Å²) in [5.41, 5.74) is 7.46. The van der Waals surface area contributed by atoms with E-state index >= 15 is 0 Å². The molecule has 0 saturated carbocycles. The van der Waals surface area contributed by atoms with E-state index < -0.39 is 8.07 Å². The van der Waals surface area contributed by atoms with Gasteiger partial charge < -0.3 is 10.2 Å². The molecule has 0 amide bonds. The van der Waals surface area contributed by atoms with Crippen molar-refractivity contribution in [1.82, 2.24) is 0 Å². The Morgan fingerprint density at radius 1 is 1.40 bits per heavy atom. The maximum Gasteiger partial charge on any atom is 0.136 e. The summed E-state index contributed by atoms with van der Waals surface area (Å²) in [4.78, 5) is 5.75. The Hall–Kier alpha value is -1.04. The molecule has 0 aliphatic carbocycles. The molecular weight excluding hydrogens is 308 g/mol. The summed E-state index contributed by atoms with van der Waals surface area (Å²) in [6.07, 6.45) is 2.59. The molecule has 0 bridgehead atoms. The Bertz CT molecular complexity index is 628. The van der Waals surface area contributed by atoms with E-state index in [-0.39, 0.29) is 18.4 Å². The van der Waals surface area contributed by atoms with E-state index in [1.807, 2.05) is 23.5 Å². The number of nitrogens with zero attached hydrogens (tertiary/aromatic N) is 1. The number of nitrogens with two attached hydrogens (primary N) is 1. The molecule has 20 heavy (non-hydrogen) atoms. The zero-order chi connectivity index (χ0) is 13.6. The van der Waals surface area contributed by atoms with Crippen molar-refractivity contribution in [1.29, 1.82) is 0 Å². The van der Waals surface area contributed by atoms with Gasteiger partial charge in [0.15, 0.2) is 0 Å². The Kier molecular flexibility index (Phi) is 4.13. The van der Waals surface area contributed by atoms with E-state index in [4.69, 9.17) is 10.2 Å². The van der Waals surface area contributed by atoms with Gasteiger partial charge in [-0.05, 0) is 28.3 Å². The van der Waals surface area contributed by atoms with Crippen molar-refractivity contribution in [2.45, 2.75) is 32.1 Å². The maximum absolute atomic E-state index is 6.13. The summed E-state index contributed by atoms with van der Waals surface area (Å²) < 4.78 is 6.96. The van der Waals surface area contributed by atoms with Crippen LogP contribution in [-0.2, 0) is 6.42 Å². The molecule has 2 aromatic heterocycles. The molecule has 3 heterocycles. The lowest BCUT2D eigenvalue weighted by Crippen LogP contribution is -2.34. The van der Waals surface area contributed by atoms with Crippen LogP contribution in [0.1, 0.15) is 22.2 Å². The first-order valence-corrected chi connectivity index (χ1v) is 10.8. The minimum Gasteiger partial charge on any atom is -0.467 e. The Labute approximate surface area is 130 Å². The van der Waals surface area contributed by atoms with Gasteiger partial charge in [-0.2, -0.15) is 0 Å². The quantitative estimate of drug-likeness (QED) is 0.861. The first-order chi connectivity index (χ1) is 8.95. The fraction of sp³-hybridized carbons (Fsp3) is 0.357. The summed E-state index contributed by atoms with van der Waals surface area (Å²) in [5, 5.41) is 0. The van der Waals surface area contributed by atoms with Crippen molar-refractivity contribution in [2.24, 2.45) is 10.7 Å². The maximum atomic E-state index is 6.13. The van der Waals surface area contributed by atoms with Gasteiger partial charge in [0, 0.05) is 6.42 Å². The number of thiophene rings is 1. The third kappa shape index (κ3) is 2.70. The van der Waals surface area contributed by atoms with Crippen LogP contribution >= 0.6 is 23.7 Å². The van der Waals surface area contributed by atoms with Gasteiger partial charge in [-0.15, -0.1) is 23.7 Å². The summed E-state index contributed by atoms with van der Waals surface area (Å²) in [6, 6.07) is 6.24. The van der Waals surface area contributed by atoms with Crippen LogP contribution in [0.4, 0.5) is 0 Å². The highest BCUT2D eigenvalue weighted by atomic mass is 35.5. The van der Waals surface area contributed by atoms with Crippen molar-refractivity contribution in [3.63, 3.8) is 0 Å². The van der Waals surface area contributed by atoms with Crippen molar-refractivity contribution in [3.8, 4) is 0 Å². The third-order valence-corrected chi connectivity index (χ3v) is 8.14. The fourth-order valence-electron chi connectivity index (χ4n) is 2.29. The smallest absolute Gasteiger partial charge is 0.136 e. The second-order valence-electron chi connectivity index (χ2n) is 5.96. The molecular formula is C14H19ClN2OSSi. The van der Waals surface area contributed by atoms with Crippen LogP contribution in [0.3, 0.4) is 0 Å². The lowest BCUT2D eigenvalue weighted by atomic mass is 10.0. The SMILES string of the molecule is C[Si](C)(C)c1cc2c(s1)C(N)=NC(c1ccco1)C2.Cl. The normalized spacial score (nSPS) is 18.1. The third-order valence-electron chi connectivity index (χ3n) is 3.36. The summed E-state index contributed by atoms with van der Waals surface area (Å²) >= 11 is 1.82. The fourth-order valence-corrected chi connectivity index (χ4v) is 5.28. The second-order valence-corrected chi connectivity index (χ2v) is 12.4. The van der Waals surface area contributed by atoms with Gasteiger partial charge in [0.05, 0.1) is 19.2 Å². The van der Waals surface area contributed by atoms with E-state index in [9.17, 15) is 0 Å². The Morgan fingerprint density at radius 3 is 2.75 bits per heavy atom. The van der Waals surface area contributed by atoms with Gasteiger partial charge in [-0.25, -0.2) is 0 Å². The van der Waals surface area contributed by atoms with Gasteiger partial charge >= 0.3 is 0 Å². The molecule has 1 atom stereocenters. The van der Waals surface area contributed by atoms with Gasteiger partial charge in [0.25, 0.3) is 0 Å². The molecule has 0 fully saturated rings. The number of fused-ring (bicyclic) bond motifs is 1. The zero-order valence-corrected chi connectivity index (χ0v) is 14.5. The molecule has 1 unspecified atom stereocenters. The average molecular weight is 327 g/mol. The van der Waals surface area contributed by atoms with Crippen LogP contribution in [0.2, 0.25) is 19.6 Å². The van der Waals surface area contributed by atoms with E-state index in [1.54, 1.807) is 6.26 Å². The predicted octanol–water partition coefficient (Wildman–Crippen LogP) is 3.31. The summed E-state index contributed by atoms with van der Waals surface area (Å²) in [6.45, 7) is 7.09. The van der Waals surface area contributed by atoms with E-state index in [2.05, 4.69) is 30.7 Å². The van der Waals surface area contributed by atoms with Crippen molar-refractivity contribution >= 4 is 42.2 Å². The van der Waals surface area contributed by atoms with Gasteiger partial charge in [-0.1, -0.05) is 19.6 Å². The van der Waals surface area contributed by atoms with Gasteiger partial charge in [0.1, 0.15) is 17.6 Å². The molecule has 2 aromatic rings. The van der Waals surface area contributed by atoms with Crippen LogP contribution < -0.4 is 10.2 Å². The van der Waals surface area contributed by atoms with E-state index in [0.29, 0.717) is 5.84 Å². The number of rotatable bonds is 2. The molecule has 108 valence electrons. The molecule has 3 nitrogen and oxygen atoms in total. The lowest BCUT2D eigenvalue weighted by Gasteiger charge is -2.16. The molecule has 6 heteroatoms. The van der Waals surface area contributed by atoms with Crippen LogP contribution in [0, 0.1) is 0 Å². The number of hydrogen-bond acceptors (Lipinski definition) is 4. The monoisotopic (exact) mass is 326 g/mol. The number of amidine groups is 1. The van der Waals surface area contributed by atoms with Crippen LogP contribution in [0.25, 0.3) is 0 Å². The Balaban J connectivity index is 0.00000147. The number of aliphatic imine (C=N–C) groups is 1. The van der Waals surface area contributed by atoms with Gasteiger partial charge in [-0.3, -0.25) is 4.99 Å². The van der Waals surface area contributed by atoms with Crippen LogP contribution in [-0.4, -0.2) is 13.9 Å². The molecule has 0 saturated heterocycles. The number of halogens is 1. The van der Waals surface area contributed by atoms with Crippen LogP contribution in [0.5, 0.6) is 0 Å². The Morgan fingerprint density at radius 2 is 2.15 bits per heavy atom. The van der Waals surface area contributed by atoms with E-state index in [0.717, 1.165) is 12.2 Å². The summed E-state index contributed by atoms with van der Waals surface area (Å²) in [5.74, 6) is 1.56. The highest BCUT2D eigenvalue weighted by Crippen LogP contribution is 2.31. The molecule has 0 spiro atoms. The predicted molar refractivity (Wildman–Crippen MR) is 90.4 cm³/mol. The average Bonchev–Trinajstić information content (AvgIpc) is 2.96. The van der Waals surface area contributed by atoms with Crippen molar-refractivity contribution < 1.29 is 4.42 Å². The molecule has 0 radical (unpaired) electrons. The lowest BCUT2D eigenvalue weighted by molar-refractivity contribution is 0.464. The summed E-state index contributed by atoms with van der Waals surface area (Å²) in [7, 11) is -1.28. The topological polar surface area (TPSA) is 51.5 Å². The molecule has 0 aromatic carbocycles. The highest BCUT2D eigenvalue weighted by molar-refractivity contribution is 7.27. The van der Waals surface area contributed by atoms with Crippen molar-refractivity contribution in [3.05, 3.63) is 40.7 Å². The first-order valence-electron chi connectivity index (χ1n) is 6.45. The first kappa shape index (κ1) is 15.3. The minimum absolute atomic E-state index is 0. The zero-order valence-electron chi connectivity index (χ0n) is 11.8. The molecule has 3 rings (SSSR count).